The SMILES string of the molecule is COc1cc(C(=O)c2cccc(Br)c2C)c(OC)cc1Br. The molecule has 0 amide bonds. The quantitative estimate of drug-likeness (QED) is 0.677. The first kappa shape index (κ1) is 16.0. The maximum atomic E-state index is 12.8. The summed E-state index contributed by atoms with van der Waals surface area (Å²) in [5, 5.41) is 0. The van der Waals surface area contributed by atoms with Gasteiger partial charge in [0, 0.05) is 10.0 Å². The van der Waals surface area contributed by atoms with Gasteiger partial charge in [-0.1, -0.05) is 28.1 Å². The number of ether oxygens (including phenoxy) is 2. The molecule has 0 atom stereocenters. The molecule has 0 radical (unpaired) electrons. The Morgan fingerprint density at radius 3 is 2.24 bits per heavy atom. The molecule has 2 rings (SSSR count). The molecule has 0 spiro atoms. The molecule has 3 nitrogen and oxygen atoms in total. The Morgan fingerprint density at radius 2 is 1.62 bits per heavy atom. The first-order chi connectivity index (χ1) is 9.99. The van der Waals surface area contributed by atoms with Gasteiger partial charge in [0.15, 0.2) is 5.78 Å². The summed E-state index contributed by atoms with van der Waals surface area (Å²) in [6.45, 7) is 1.90. The van der Waals surface area contributed by atoms with E-state index in [-0.39, 0.29) is 5.78 Å². The molecule has 0 bridgehead atoms. The van der Waals surface area contributed by atoms with E-state index in [0.717, 1.165) is 14.5 Å². The highest BCUT2D eigenvalue weighted by Gasteiger charge is 2.19. The lowest BCUT2D eigenvalue weighted by atomic mass is 9.98. The third-order valence-corrected chi connectivity index (χ3v) is 4.71. The van der Waals surface area contributed by atoms with Crippen molar-refractivity contribution in [2.45, 2.75) is 6.92 Å². The summed E-state index contributed by atoms with van der Waals surface area (Å²) in [6, 6.07) is 8.97. The molecule has 0 heterocycles. The van der Waals surface area contributed by atoms with Crippen LogP contribution in [0.2, 0.25) is 0 Å². The van der Waals surface area contributed by atoms with Gasteiger partial charge in [-0.3, -0.25) is 4.79 Å². The lowest BCUT2D eigenvalue weighted by molar-refractivity contribution is 0.103. The van der Waals surface area contributed by atoms with E-state index < -0.39 is 0 Å². The number of halogens is 2. The van der Waals surface area contributed by atoms with Crippen molar-refractivity contribution in [3.05, 3.63) is 56.0 Å². The van der Waals surface area contributed by atoms with Crippen LogP contribution in [0, 0.1) is 6.92 Å². The number of ketones is 1. The van der Waals surface area contributed by atoms with Crippen molar-refractivity contribution in [1.82, 2.24) is 0 Å². The third kappa shape index (κ3) is 3.14. The Labute approximate surface area is 140 Å². The average molecular weight is 414 g/mol. The summed E-state index contributed by atoms with van der Waals surface area (Å²) in [5.74, 6) is 0.996. The molecule has 5 heteroatoms. The van der Waals surface area contributed by atoms with Crippen LogP contribution in [0.3, 0.4) is 0 Å². The molecular weight excluding hydrogens is 400 g/mol. The third-order valence-electron chi connectivity index (χ3n) is 3.23. The predicted molar refractivity (Wildman–Crippen MR) is 89.6 cm³/mol. The molecule has 0 aliphatic rings. The van der Waals surface area contributed by atoms with Crippen LogP contribution in [0.4, 0.5) is 0 Å². The van der Waals surface area contributed by atoms with Crippen LogP contribution >= 0.6 is 31.9 Å². The predicted octanol–water partition coefficient (Wildman–Crippen LogP) is 4.77. The van der Waals surface area contributed by atoms with Gasteiger partial charge in [-0.15, -0.1) is 0 Å². The van der Waals surface area contributed by atoms with E-state index in [1.807, 2.05) is 19.1 Å². The van der Waals surface area contributed by atoms with E-state index in [0.29, 0.717) is 22.6 Å². The normalized spacial score (nSPS) is 10.3. The Morgan fingerprint density at radius 1 is 0.952 bits per heavy atom. The number of rotatable bonds is 4. The Bertz CT molecular complexity index is 696. The van der Waals surface area contributed by atoms with Gasteiger partial charge >= 0.3 is 0 Å². The number of benzene rings is 2. The summed E-state index contributed by atoms with van der Waals surface area (Å²) in [7, 11) is 3.10. The minimum absolute atomic E-state index is 0.101. The zero-order valence-electron chi connectivity index (χ0n) is 11.9. The molecule has 0 saturated heterocycles. The van der Waals surface area contributed by atoms with E-state index in [9.17, 15) is 4.79 Å². The van der Waals surface area contributed by atoms with Gasteiger partial charge in [-0.05, 0) is 46.6 Å². The number of carbonyl (C=O) groups is 1. The highest BCUT2D eigenvalue weighted by atomic mass is 79.9. The van der Waals surface area contributed by atoms with Crippen molar-refractivity contribution in [2.24, 2.45) is 0 Å². The molecule has 0 saturated carbocycles. The van der Waals surface area contributed by atoms with Crippen LogP contribution in [0.15, 0.2) is 39.3 Å². The topological polar surface area (TPSA) is 35.5 Å². The highest BCUT2D eigenvalue weighted by molar-refractivity contribution is 9.10. The highest BCUT2D eigenvalue weighted by Crippen LogP contribution is 2.34. The number of methoxy groups -OCH3 is 2. The average Bonchev–Trinajstić information content (AvgIpc) is 2.49. The summed E-state index contributed by atoms with van der Waals surface area (Å²) >= 11 is 6.84. The van der Waals surface area contributed by atoms with E-state index in [4.69, 9.17) is 9.47 Å². The summed E-state index contributed by atoms with van der Waals surface area (Å²) in [6.07, 6.45) is 0. The first-order valence-electron chi connectivity index (χ1n) is 6.21. The zero-order chi connectivity index (χ0) is 15.6. The zero-order valence-corrected chi connectivity index (χ0v) is 15.0. The number of hydrogen-bond acceptors (Lipinski definition) is 3. The second-order valence-corrected chi connectivity index (χ2v) is 6.14. The van der Waals surface area contributed by atoms with Crippen molar-refractivity contribution in [1.29, 1.82) is 0 Å². The minimum atomic E-state index is -0.101. The van der Waals surface area contributed by atoms with E-state index in [2.05, 4.69) is 31.9 Å². The Hall–Kier alpha value is -1.33. The van der Waals surface area contributed by atoms with Crippen LogP contribution < -0.4 is 9.47 Å². The fourth-order valence-corrected chi connectivity index (χ4v) is 2.89. The molecule has 2 aromatic carbocycles. The lowest BCUT2D eigenvalue weighted by Crippen LogP contribution is -2.07. The first-order valence-corrected chi connectivity index (χ1v) is 7.79. The van der Waals surface area contributed by atoms with Gasteiger partial charge in [0.05, 0.1) is 24.3 Å². The molecule has 0 aliphatic heterocycles. The summed E-state index contributed by atoms with van der Waals surface area (Å²) in [4.78, 5) is 12.8. The summed E-state index contributed by atoms with van der Waals surface area (Å²) in [5.41, 5.74) is 2.00. The van der Waals surface area contributed by atoms with Gasteiger partial charge in [-0.2, -0.15) is 0 Å². The van der Waals surface area contributed by atoms with Crippen molar-refractivity contribution >= 4 is 37.6 Å². The van der Waals surface area contributed by atoms with Crippen LogP contribution in [-0.4, -0.2) is 20.0 Å². The molecular formula is C16H14Br2O3. The van der Waals surface area contributed by atoms with Crippen LogP contribution in [0.5, 0.6) is 11.5 Å². The number of hydrogen-bond donors (Lipinski definition) is 0. The largest absolute Gasteiger partial charge is 0.496 e. The van der Waals surface area contributed by atoms with E-state index in [1.54, 1.807) is 32.4 Å². The van der Waals surface area contributed by atoms with Crippen LogP contribution in [-0.2, 0) is 0 Å². The fraction of sp³-hybridized carbons (Fsp3) is 0.188. The van der Waals surface area contributed by atoms with Crippen molar-refractivity contribution in [2.75, 3.05) is 14.2 Å². The van der Waals surface area contributed by atoms with Crippen LogP contribution in [0.1, 0.15) is 21.5 Å². The maximum absolute atomic E-state index is 12.8. The van der Waals surface area contributed by atoms with Crippen molar-refractivity contribution < 1.29 is 14.3 Å². The van der Waals surface area contributed by atoms with Crippen molar-refractivity contribution in [3.63, 3.8) is 0 Å². The number of carbonyl (C=O) groups excluding carboxylic acids is 1. The molecule has 21 heavy (non-hydrogen) atoms. The standard InChI is InChI=1S/C16H14Br2O3/c1-9-10(5-4-6-12(9)17)16(19)11-7-15(21-3)13(18)8-14(11)20-2/h4-8H,1-3H3. The van der Waals surface area contributed by atoms with Gasteiger partial charge in [0.25, 0.3) is 0 Å². The maximum Gasteiger partial charge on any atom is 0.197 e. The van der Waals surface area contributed by atoms with E-state index in [1.165, 1.54) is 0 Å². The second-order valence-electron chi connectivity index (χ2n) is 4.43. The van der Waals surface area contributed by atoms with Crippen LogP contribution in [0.25, 0.3) is 0 Å². The molecule has 2 aromatic rings. The second kappa shape index (κ2) is 6.62. The molecule has 0 N–H and O–H groups in total. The Balaban J connectivity index is 2.60. The smallest absolute Gasteiger partial charge is 0.197 e. The van der Waals surface area contributed by atoms with Gasteiger partial charge < -0.3 is 9.47 Å². The van der Waals surface area contributed by atoms with E-state index >= 15 is 0 Å². The van der Waals surface area contributed by atoms with Gasteiger partial charge in [0.1, 0.15) is 11.5 Å². The fourth-order valence-electron chi connectivity index (χ4n) is 2.04. The molecule has 0 aromatic heterocycles. The monoisotopic (exact) mass is 412 g/mol. The Kier molecular flexibility index (Phi) is 5.06. The van der Waals surface area contributed by atoms with Crippen molar-refractivity contribution in [3.8, 4) is 11.5 Å². The van der Waals surface area contributed by atoms with Gasteiger partial charge in [-0.25, -0.2) is 0 Å². The lowest BCUT2D eigenvalue weighted by Gasteiger charge is -2.13. The minimum Gasteiger partial charge on any atom is -0.496 e. The molecule has 110 valence electrons. The molecule has 0 unspecified atom stereocenters. The van der Waals surface area contributed by atoms with Gasteiger partial charge in [0.2, 0.25) is 0 Å². The molecule has 0 fully saturated rings. The molecule has 0 aliphatic carbocycles. The summed E-state index contributed by atoms with van der Waals surface area (Å²) < 4.78 is 12.2.